The second-order valence-electron chi connectivity index (χ2n) is 11.0. The van der Waals surface area contributed by atoms with Gasteiger partial charge in [0.05, 0.1) is 23.6 Å². The van der Waals surface area contributed by atoms with Crippen LogP contribution in [0.15, 0.2) is 54.6 Å². The molecule has 3 aromatic rings. The van der Waals surface area contributed by atoms with Crippen LogP contribution in [0.1, 0.15) is 55.5 Å². The summed E-state index contributed by atoms with van der Waals surface area (Å²) in [5.41, 5.74) is 3.69. The average molecular weight is 471 g/mol. The molecular weight excluding hydrogens is 436 g/mol. The van der Waals surface area contributed by atoms with Gasteiger partial charge in [0.2, 0.25) is 0 Å². The molecule has 2 amide bonds. The van der Waals surface area contributed by atoms with Gasteiger partial charge in [0.1, 0.15) is 11.5 Å². The van der Waals surface area contributed by atoms with Gasteiger partial charge in [-0.25, -0.2) is 4.79 Å². The number of urea groups is 1. The van der Waals surface area contributed by atoms with Crippen LogP contribution in [-0.2, 0) is 6.54 Å². The van der Waals surface area contributed by atoms with Gasteiger partial charge < -0.3 is 15.4 Å². The first-order valence-electron chi connectivity index (χ1n) is 12.9. The lowest BCUT2D eigenvalue weighted by molar-refractivity contribution is -0.0127. The Hall–Kier alpha value is -3.28. The number of nitrogens with one attached hydrogen (secondary N) is 2. The standard InChI is InChI=1S/C29H34N4O2/c1-19-27(30-28(34)31-29-15-22-11-23(16-29)13-24(12-22)17-29)20(2)33(32-19)18-21-7-6-10-26(14-21)35-25-8-4-3-5-9-25/h3-10,14,22-24H,11-13,15-18H2,1-2H3,(H2,30,31,34). The lowest BCUT2D eigenvalue weighted by Crippen LogP contribution is -2.60. The van der Waals surface area contributed by atoms with E-state index in [1.54, 1.807) is 0 Å². The van der Waals surface area contributed by atoms with Crippen molar-refractivity contribution in [3.05, 3.63) is 71.5 Å². The molecular formula is C29H34N4O2. The highest BCUT2D eigenvalue weighted by Crippen LogP contribution is 2.55. The smallest absolute Gasteiger partial charge is 0.319 e. The van der Waals surface area contributed by atoms with Crippen LogP contribution < -0.4 is 15.4 Å². The third-order valence-electron chi connectivity index (χ3n) is 8.25. The minimum Gasteiger partial charge on any atom is -0.457 e. The number of anilines is 1. The van der Waals surface area contributed by atoms with Crippen molar-refractivity contribution in [2.45, 2.75) is 64.5 Å². The van der Waals surface area contributed by atoms with Gasteiger partial charge in [-0.15, -0.1) is 0 Å². The summed E-state index contributed by atoms with van der Waals surface area (Å²) in [5.74, 6) is 4.01. The predicted octanol–water partition coefficient (Wildman–Crippen LogP) is 6.43. The molecule has 0 saturated heterocycles. The molecule has 1 heterocycles. The molecule has 182 valence electrons. The minimum atomic E-state index is -0.0871. The number of ether oxygens (including phenoxy) is 1. The molecule has 4 fully saturated rings. The van der Waals surface area contributed by atoms with Crippen molar-refractivity contribution in [1.82, 2.24) is 15.1 Å². The van der Waals surface area contributed by atoms with E-state index in [1.165, 1.54) is 19.3 Å². The summed E-state index contributed by atoms with van der Waals surface area (Å²) < 4.78 is 7.94. The van der Waals surface area contributed by atoms with E-state index >= 15 is 0 Å². The van der Waals surface area contributed by atoms with Gasteiger partial charge >= 0.3 is 6.03 Å². The molecule has 1 aromatic heterocycles. The quantitative estimate of drug-likeness (QED) is 0.436. The van der Waals surface area contributed by atoms with Gasteiger partial charge in [0.25, 0.3) is 0 Å². The van der Waals surface area contributed by atoms with Gasteiger partial charge in [-0.3, -0.25) is 4.68 Å². The monoisotopic (exact) mass is 470 g/mol. The fourth-order valence-corrected chi connectivity index (χ4v) is 7.19. The van der Waals surface area contributed by atoms with Crippen LogP contribution in [0.4, 0.5) is 10.5 Å². The number of aryl methyl sites for hydroxylation is 1. The summed E-state index contributed by atoms with van der Waals surface area (Å²) in [6, 6.07) is 17.8. The Morgan fingerprint density at radius 3 is 2.31 bits per heavy atom. The van der Waals surface area contributed by atoms with Crippen molar-refractivity contribution in [3.8, 4) is 11.5 Å². The molecule has 6 nitrogen and oxygen atoms in total. The van der Waals surface area contributed by atoms with E-state index in [4.69, 9.17) is 9.84 Å². The number of amides is 2. The van der Waals surface area contributed by atoms with Crippen LogP contribution in [0.5, 0.6) is 11.5 Å². The molecule has 6 heteroatoms. The van der Waals surface area contributed by atoms with E-state index in [-0.39, 0.29) is 11.6 Å². The third-order valence-corrected chi connectivity index (χ3v) is 8.25. The van der Waals surface area contributed by atoms with E-state index in [2.05, 4.69) is 16.7 Å². The summed E-state index contributed by atoms with van der Waals surface area (Å²) in [5, 5.41) is 11.3. The summed E-state index contributed by atoms with van der Waals surface area (Å²) in [6.45, 7) is 4.58. The molecule has 0 aliphatic heterocycles. The van der Waals surface area contributed by atoms with Crippen molar-refractivity contribution < 1.29 is 9.53 Å². The number of hydrogen-bond acceptors (Lipinski definition) is 3. The number of carbonyl (C=O) groups excluding carboxylic acids is 1. The molecule has 0 atom stereocenters. The minimum absolute atomic E-state index is 0.00414. The maximum atomic E-state index is 13.1. The molecule has 4 aliphatic rings. The summed E-state index contributed by atoms with van der Waals surface area (Å²) in [4.78, 5) is 13.1. The lowest BCUT2D eigenvalue weighted by Gasteiger charge is -2.56. The van der Waals surface area contributed by atoms with E-state index < -0.39 is 0 Å². The molecule has 2 N–H and O–H groups in total. The Morgan fingerprint density at radius 1 is 0.971 bits per heavy atom. The van der Waals surface area contributed by atoms with Crippen molar-refractivity contribution in [3.63, 3.8) is 0 Å². The number of nitrogens with zero attached hydrogens (tertiary/aromatic N) is 2. The van der Waals surface area contributed by atoms with Gasteiger partial charge in [-0.05, 0) is 100.0 Å². The second kappa shape index (κ2) is 8.74. The van der Waals surface area contributed by atoms with E-state index in [1.807, 2.05) is 67.1 Å². The van der Waals surface area contributed by atoms with Gasteiger partial charge in [-0.2, -0.15) is 5.10 Å². The Kier molecular flexibility index (Phi) is 5.54. The van der Waals surface area contributed by atoms with Gasteiger partial charge in [-0.1, -0.05) is 30.3 Å². The number of rotatable bonds is 6. The first kappa shape index (κ1) is 22.2. The molecule has 7 rings (SSSR count). The molecule has 0 radical (unpaired) electrons. The molecule has 2 aromatic carbocycles. The van der Waals surface area contributed by atoms with Crippen molar-refractivity contribution >= 4 is 11.7 Å². The van der Waals surface area contributed by atoms with E-state index in [0.29, 0.717) is 6.54 Å². The SMILES string of the molecule is Cc1nn(Cc2cccc(Oc3ccccc3)c2)c(C)c1NC(=O)NC12CC3CC(CC(C3)C1)C2. The zero-order valence-corrected chi connectivity index (χ0v) is 20.6. The highest BCUT2D eigenvalue weighted by molar-refractivity contribution is 5.91. The van der Waals surface area contributed by atoms with Gasteiger partial charge in [0, 0.05) is 5.54 Å². The fourth-order valence-electron chi connectivity index (χ4n) is 7.19. The maximum absolute atomic E-state index is 13.1. The molecule has 4 saturated carbocycles. The van der Waals surface area contributed by atoms with Crippen molar-refractivity contribution in [2.75, 3.05) is 5.32 Å². The molecule has 4 bridgehead atoms. The summed E-state index contributed by atoms with van der Waals surface area (Å²) in [7, 11) is 0. The number of carbonyl (C=O) groups is 1. The van der Waals surface area contributed by atoms with Crippen LogP contribution in [0.3, 0.4) is 0 Å². The normalized spacial score (nSPS) is 26.5. The third kappa shape index (κ3) is 4.54. The maximum Gasteiger partial charge on any atom is 0.319 e. The number of para-hydroxylation sites is 1. The predicted molar refractivity (Wildman–Crippen MR) is 137 cm³/mol. The lowest BCUT2D eigenvalue weighted by atomic mass is 9.53. The van der Waals surface area contributed by atoms with Crippen LogP contribution in [0, 0.1) is 31.6 Å². The fraction of sp³-hybridized carbons (Fsp3) is 0.448. The van der Waals surface area contributed by atoms with Crippen molar-refractivity contribution in [2.24, 2.45) is 17.8 Å². The van der Waals surface area contributed by atoms with Crippen LogP contribution in [0.25, 0.3) is 0 Å². The first-order chi connectivity index (χ1) is 16.9. The topological polar surface area (TPSA) is 68.2 Å². The Labute approximate surface area is 207 Å². The Bertz CT molecular complexity index is 1200. The molecule has 0 unspecified atom stereocenters. The molecule has 35 heavy (non-hydrogen) atoms. The number of hydrogen-bond donors (Lipinski definition) is 2. The van der Waals surface area contributed by atoms with Crippen LogP contribution in [0.2, 0.25) is 0 Å². The summed E-state index contributed by atoms with van der Waals surface area (Å²) in [6.07, 6.45) is 7.53. The Balaban J connectivity index is 1.13. The van der Waals surface area contributed by atoms with E-state index in [9.17, 15) is 4.79 Å². The Morgan fingerprint density at radius 2 is 1.63 bits per heavy atom. The van der Waals surface area contributed by atoms with Crippen LogP contribution >= 0.6 is 0 Å². The highest BCUT2D eigenvalue weighted by Gasteiger charge is 2.51. The number of aromatic nitrogens is 2. The highest BCUT2D eigenvalue weighted by atomic mass is 16.5. The van der Waals surface area contributed by atoms with Crippen molar-refractivity contribution in [1.29, 1.82) is 0 Å². The first-order valence-corrected chi connectivity index (χ1v) is 12.9. The second-order valence-corrected chi connectivity index (χ2v) is 11.0. The zero-order chi connectivity index (χ0) is 24.0. The number of benzene rings is 2. The van der Waals surface area contributed by atoms with Crippen LogP contribution in [-0.4, -0.2) is 21.4 Å². The average Bonchev–Trinajstić information content (AvgIpc) is 3.06. The van der Waals surface area contributed by atoms with Gasteiger partial charge in [0.15, 0.2) is 0 Å². The van der Waals surface area contributed by atoms with E-state index in [0.717, 1.165) is 71.2 Å². The molecule has 0 spiro atoms. The summed E-state index contributed by atoms with van der Waals surface area (Å²) >= 11 is 0. The largest absolute Gasteiger partial charge is 0.457 e. The molecule has 4 aliphatic carbocycles. The zero-order valence-electron chi connectivity index (χ0n) is 20.6.